The van der Waals surface area contributed by atoms with Crippen LogP contribution in [0.1, 0.15) is 51.4 Å². The van der Waals surface area contributed by atoms with Gasteiger partial charge in [-0.25, -0.2) is 0 Å². The van der Waals surface area contributed by atoms with Crippen LogP contribution < -0.4 is 0 Å². The summed E-state index contributed by atoms with van der Waals surface area (Å²) in [6, 6.07) is 1.87. The molecule has 4 atom stereocenters. The molecule has 0 N–H and O–H groups in total. The topological polar surface area (TPSA) is 23.6 Å². The number of hydrogen-bond donors (Lipinski definition) is 0. The van der Waals surface area contributed by atoms with E-state index in [2.05, 4.69) is 9.80 Å². The molecule has 0 radical (unpaired) electrons. The fraction of sp³-hybridized carbons (Fsp3) is 0.933. The first-order valence-electron chi connectivity index (χ1n) is 7.90. The van der Waals surface area contributed by atoms with Crippen molar-refractivity contribution in [2.75, 3.05) is 13.1 Å². The van der Waals surface area contributed by atoms with Crippen LogP contribution in [-0.2, 0) is 4.79 Å². The van der Waals surface area contributed by atoms with E-state index < -0.39 is 0 Å². The first kappa shape index (κ1) is 11.3. The van der Waals surface area contributed by atoms with Crippen molar-refractivity contribution in [3.05, 3.63) is 0 Å². The molecule has 3 nitrogen and oxygen atoms in total. The SMILES string of the molecule is O=C1CCCC2CC3CCCN4CCCC(C34)N12. The lowest BCUT2D eigenvalue weighted by Gasteiger charge is -2.59. The van der Waals surface area contributed by atoms with Gasteiger partial charge in [-0.2, -0.15) is 0 Å². The van der Waals surface area contributed by atoms with Gasteiger partial charge in [0.1, 0.15) is 0 Å². The number of carbonyl (C=O) groups excluding carboxylic acids is 1. The second-order valence-electron chi connectivity index (χ2n) is 6.72. The maximum Gasteiger partial charge on any atom is 0.223 e. The minimum absolute atomic E-state index is 0.460. The van der Waals surface area contributed by atoms with Crippen LogP contribution in [-0.4, -0.2) is 46.9 Å². The maximum atomic E-state index is 12.3. The van der Waals surface area contributed by atoms with E-state index in [0.29, 0.717) is 24.0 Å². The Labute approximate surface area is 110 Å². The van der Waals surface area contributed by atoms with Crippen LogP contribution in [0.5, 0.6) is 0 Å². The van der Waals surface area contributed by atoms with Crippen LogP contribution in [0.3, 0.4) is 0 Å². The predicted octanol–water partition coefficient (Wildman–Crippen LogP) is 2.01. The van der Waals surface area contributed by atoms with E-state index in [9.17, 15) is 4.79 Å². The van der Waals surface area contributed by atoms with Crippen molar-refractivity contribution < 1.29 is 4.79 Å². The number of hydrogen-bond acceptors (Lipinski definition) is 2. The summed E-state index contributed by atoms with van der Waals surface area (Å²) < 4.78 is 0. The molecule has 4 saturated heterocycles. The molecule has 0 aromatic rings. The molecule has 4 aliphatic rings. The lowest BCUT2D eigenvalue weighted by molar-refractivity contribution is -0.153. The summed E-state index contributed by atoms with van der Waals surface area (Å²) >= 11 is 0. The third-order valence-corrected chi connectivity index (χ3v) is 5.81. The van der Waals surface area contributed by atoms with Gasteiger partial charge in [0, 0.05) is 24.5 Å². The Morgan fingerprint density at radius 2 is 1.83 bits per heavy atom. The molecule has 3 heteroatoms. The standard InChI is InChI=1S/C15H24N2O/c18-14-7-1-5-12-10-11-4-2-8-16-9-3-6-13(15(11)16)17(12)14/h11-13,15H,1-10H2. The minimum Gasteiger partial charge on any atom is -0.335 e. The van der Waals surface area contributed by atoms with E-state index in [1.54, 1.807) is 0 Å². The van der Waals surface area contributed by atoms with Crippen LogP contribution >= 0.6 is 0 Å². The fourth-order valence-corrected chi connectivity index (χ4v) is 5.23. The Hall–Kier alpha value is -0.570. The van der Waals surface area contributed by atoms with Gasteiger partial charge in [-0.15, -0.1) is 0 Å². The highest BCUT2D eigenvalue weighted by molar-refractivity contribution is 5.78. The lowest BCUT2D eigenvalue weighted by Crippen LogP contribution is -2.68. The highest BCUT2D eigenvalue weighted by Gasteiger charge is 2.50. The molecule has 1 amide bonds. The molecule has 4 heterocycles. The van der Waals surface area contributed by atoms with Gasteiger partial charge in [0.25, 0.3) is 0 Å². The third kappa shape index (κ3) is 1.56. The van der Waals surface area contributed by atoms with E-state index in [-0.39, 0.29) is 0 Å². The summed E-state index contributed by atoms with van der Waals surface area (Å²) in [5.41, 5.74) is 0. The van der Waals surface area contributed by atoms with E-state index in [4.69, 9.17) is 0 Å². The van der Waals surface area contributed by atoms with Gasteiger partial charge >= 0.3 is 0 Å². The second kappa shape index (κ2) is 4.22. The number of fused-ring (bicyclic) bond motifs is 2. The Kier molecular flexibility index (Phi) is 2.65. The largest absolute Gasteiger partial charge is 0.335 e. The second-order valence-corrected chi connectivity index (χ2v) is 6.72. The maximum absolute atomic E-state index is 12.3. The van der Waals surface area contributed by atoms with Gasteiger partial charge in [0.15, 0.2) is 0 Å². The van der Waals surface area contributed by atoms with E-state index >= 15 is 0 Å². The first-order valence-corrected chi connectivity index (χ1v) is 7.90. The zero-order valence-electron chi connectivity index (χ0n) is 11.2. The van der Waals surface area contributed by atoms with E-state index in [0.717, 1.165) is 18.8 Å². The fourth-order valence-electron chi connectivity index (χ4n) is 5.23. The molecular formula is C15H24N2O. The zero-order valence-corrected chi connectivity index (χ0v) is 11.2. The van der Waals surface area contributed by atoms with Crippen molar-refractivity contribution in [3.8, 4) is 0 Å². The summed E-state index contributed by atoms with van der Waals surface area (Å²) in [7, 11) is 0. The summed E-state index contributed by atoms with van der Waals surface area (Å²) in [5, 5.41) is 0. The molecule has 0 aromatic heterocycles. The van der Waals surface area contributed by atoms with E-state index in [1.165, 1.54) is 51.6 Å². The molecule has 4 rings (SSSR count). The molecule has 0 aliphatic carbocycles. The molecule has 100 valence electrons. The number of nitrogens with zero attached hydrogens (tertiary/aromatic N) is 2. The summed E-state index contributed by atoms with van der Waals surface area (Å²) in [4.78, 5) is 17.4. The summed E-state index contributed by atoms with van der Waals surface area (Å²) in [5.74, 6) is 1.35. The molecule has 0 spiro atoms. The Bertz CT molecular complexity index is 354. The van der Waals surface area contributed by atoms with Gasteiger partial charge in [0.05, 0.1) is 0 Å². The van der Waals surface area contributed by atoms with E-state index in [1.807, 2.05) is 0 Å². The predicted molar refractivity (Wildman–Crippen MR) is 70.2 cm³/mol. The quantitative estimate of drug-likeness (QED) is 0.655. The number of rotatable bonds is 0. The van der Waals surface area contributed by atoms with Gasteiger partial charge < -0.3 is 4.90 Å². The molecule has 0 bridgehead atoms. The molecule has 18 heavy (non-hydrogen) atoms. The molecule has 4 aliphatic heterocycles. The number of amides is 1. The molecule has 0 saturated carbocycles. The number of piperidine rings is 4. The van der Waals surface area contributed by atoms with Gasteiger partial charge in [-0.1, -0.05) is 0 Å². The molecule has 4 fully saturated rings. The van der Waals surface area contributed by atoms with Gasteiger partial charge in [-0.3, -0.25) is 9.69 Å². The van der Waals surface area contributed by atoms with Crippen molar-refractivity contribution in [1.29, 1.82) is 0 Å². The molecule has 4 unspecified atom stereocenters. The lowest BCUT2D eigenvalue weighted by atomic mass is 9.71. The van der Waals surface area contributed by atoms with Crippen molar-refractivity contribution >= 4 is 5.91 Å². The van der Waals surface area contributed by atoms with Crippen LogP contribution in [0.4, 0.5) is 0 Å². The average molecular weight is 248 g/mol. The monoisotopic (exact) mass is 248 g/mol. The zero-order chi connectivity index (χ0) is 12.1. The summed E-state index contributed by atoms with van der Waals surface area (Å²) in [6.07, 6.45) is 9.86. The highest BCUT2D eigenvalue weighted by atomic mass is 16.2. The third-order valence-electron chi connectivity index (χ3n) is 5.81. The Balaban J connectivity index is 1.67. The van der Waals surface area contributed by atoms with Crippen LogP contribution in [0.2, 0.25) is 0 Å². The molecule has 0 aromatic carbocycles. The first-order chi connectivity index (χ1) is 8.84. The highest BCUT2D eigenvalue weighted by Crippen LogP contribution is 2.43. The van der Waals surface area contributed by atoms with Crippen molar-refractivity contribution in [3.63, 3.8) is 0 Å². The van der Waals surface area contributed by atoms with Gasteiger partial charge in [0.2, 0.25) is 5.91 Å². The number of carbonyl (C=O) groups is 1. The Morgan fingerprint density at radius 3 is 2.72 bits per heavy atom. The molecular weight excluding hydrogens is 224 g/mol. The minimum atomic E-state index is 0.460. The normalized spacial score (nSPS) is 44.4. The van der Waals surface area contributed by atoms with Crippen LogP contribution in [0.25, 0.3) is 0 Å². The smallest absolute Gasteiger partial charge is 0.223 e. The van der Waals surface area contributed by atoms with Crippen LogP contribution in [0.15, 0.2) is 0 Å². The van der Waals surface area contributed by atoms with Gasteiger partial charge in [-0.05, 0) is 64.0 Å². The Morgan fingerprint density at radius 1 is 1.00 bits per heavy atom. The average Bonchev–Trinajstić information content (AvgIpc) is 2.39. The van der Waals surface area contributed by atoms with Crippen molar-refractivity contribution in [2.24, 2.45) is 5.92 Å². The summed E-state index contributed by atoms with van der Waals surface area (Å²) in [6.45, 7) is 2.56. The van der Waals surface area contributed by atoms with Crippen molar-refractivity contribution in [2.45, 2.75) is 69.5 Å². The van der Waals surface area contributed by atoms with Crippen LogP contribution in [0, 0.1) is 5.92 Å². The van der Waals surface area contributed by atoms with Crippen molar-refractivity contribution in [1.82, 2.24) is 9.80 Å².